The number of ether oxygens (including phenoxy) is 2. The lowest BCUT2D eigenvalue weighted by Gasteiger charge is -2.42. The van der Waals surface area contributed by atoms with Gasteiger partial charge in [-0.05, 0) is 19.3 Å². The minimum absolute atomic E-state index is 0.0690. The summed E-state index contributed by atoms with van der Waals surface area (Å²) in [5, 5.41) is 9.23. The molecule has 20 heavy (non-hydrogen) atoms. The van der Waals surface area contributed by atoms with Gasteiger partial charge in [-0.15, -0.1) is 0 Å². The molecule has 3 unspecified atom stereocenters. The van der Waals surface area contributed by atoms with E-state index >= 15 is 0 Å². The van der Waals surface area contributed by atoms with Crippen LogP contribution < -0.4 is 0 Å². The van der Waals surface area contributed by atoms with E-state index in [0.29, 0.717) is 26.3 Å². The van der Waals surface area contributed by atoms with Crippen molar-refractivity contribution in [3.8, 4) is 0 Å². The second-order valence-electron chi connectivity index (χ2n) is 5.51. The van der Waals surface area contributed by atoms with E-state index in [4.69, 9.17) is 9.47 Å². The Hall–Kier alpha value is -1.34. The minimum Gasteiger partial charge on any atom is -0.480 e. The van der Waals surface area contributed by atoms with E-state index in [1.54, 1.807) is 0 Å². The van der Waals surface area contributed by atoms with E-state index in [1.165, 1.54) is 4.90 Å². The number of carbonyl (C=O) groups is 2. The van der Waals surface area contributed by atoms with Crippen molar-refractivity contribution in [1.29, 1.82) is 0 Å². The predicted octanol–water partition coefficient (Wildman–Crippen LogP) is 0.145. The monoisotopic (exact) mass is 284 g/mol. The Bertz CT molecular complexity index is 402. The van der Waals surface area contributed by atoms with E-state index < -0.39 is 12.0 Å². The summed E-state index contributed by atoms with van der Waals surface area (Å²) < 4.78 is 10.9. The average molecular weight is 284 g/mol. The van der Waals surface area contributed by atoms with Gasteiger partial charge in [-0.3, -0.25) is 0 Å². The summed E-state index contributed by atoms with van der Waals surface area (Å²) in [6.45, 7) is 1.89. The number of carboxylic acid groups (broad SMARTS) is 1. The molecule has 0 bridgehead atoms. The SMILES string of the molecule is O=C(O)C1COCCN1C(=O)N1CCOC2CCCC21. The van der Waals surface area contributed by atoms with Crippen molar-refractivity contribution >= 4 is 12.0 Å². The van der Waals surface area contributed by atoms with Crippen LogP contribution >= 0.6 is 0 Å². The third-order valence-electron chi connectivity index (χ3n) is 4.39. The molecular formula is C13H20N2O5. The van der Waals surface area contributed by atoms with Crippen LogP contribution in [-0.4, -0.2) is 78.0 Å². The molecule has 0 aromatic carbocycles. The highest BCUT2D eigenvalue weighted by Crippen LogP contribution is 2.30. The summed E-state index contributed by atoms with van der Waals surface area (Å²) in [4.78, 5) is 27.2. The number of morpholine rings is 2. The molecule has 1 N–H and O–H groups in total. The first-order chi connectivity index (χ1) is 9.68. The van der Waals surface area contributed by atoms with Gasteiger partial charge in [0.25, 0.3) is 0 Å². The third kappa shape index (κ3) is 2.35. The summed E-state index contributed by atoms with van der Waals surface area (Å²) in [7, 11) is 0. The fourth-order valence-electron chi connectivity index (χ4n) is 3.37. The van der Waals surface area contributed by atoms with E-state index in [9.17, 15) is 14.7 Å². The summed E-state index contributed by atoms with van der Waals surface area (Å²) in [5.74, 6) is -1.01. The maximum atomic E-state index is 12.7. The third-order valence-corrected chi connectivity index (χ3v) is 4.39. The molecule has 3 atom stereocenters. The highest BCUT2D eigenvalue weighted by atomic mass is 16.5. The van der Waals surface area contributed by atoms with Gasteiger partial charge in [-0.2, -0.15) is 0 Å². The standard InChI is InChI=1S/C13H20N2O5/c16-12(17)10-8-19-6-4-15(10)13(18)14-5-7-20-11-3-1-2-9(11)14/h9-11H,1-8H2,(H,16,17). The van der Waals surface area contributed by atoms with Gasteiger partial charge in [0.2, 0.25) is 0 Å². The number of carboxylic acids is 1. The minimum atomic E-state index is -1.01. The van der Waals surface area contributed by atoms with Crippen molar-refractivity contribution in [2.75, 3.05) is 32.9 Å². The first-order valence-electron chi connectivity index (χ1n) is 7.18. The van der Waals surface area contributed by atoms with Gasteiger partial charge < -0.3 is 24.4 Å². The molecule has 1 aliphatic carbocycles. The molecule has 0 spiro atoms. The van der Waals surface area contributed by atoms with E-state index in [1.807, 2.05) is 4.90 Å². The molecule has 0 aromatic heterocycles. The van der Waals surface area contributed by atoms with Gasteiger partial charge in [-0.25, -0.2) is 9.59 Å². The second kappa shape index (κ2) is 5.57. The van der Waals surface area contributed by atoms with Gasteiger partial charge in [0, 0.05) is 13.1 Å². The molecule has 3 rings (SSSR count). The zero-order chi connectivity index (χ0) is 14.1. The van der Waals surface area contributed by atoms with Gasteiger partial charge in [-0.1, -0.05) is 0 Å². The molecule has 0 radical (unpaired) electrons. The number of hydrogen-bond donors (Lipinski definition) is 1. The zero-order valence-electron chi connectivity index (χ0n) is 11.4. The molecule has 7 heteroatoms. The zero-order valence-corrected chi connectivity index (χ0v) is 11.4. The maximum Gasteiger partial charge on any atom is 0.328 e. The lowest BCUT2D eigenvalue weighted by atomic mass is 10.1. The molecule has 0 aromatic rings. The molecule has 2 amide bonds. The van der Waals surface area contributed by atoms with Crippen molar-refractivity contribution in [2.24, 2.45) is 0 Å². The Labute approximate surface area is 117 Å². The molecule has 3 aliphatic rings. The number of amides is 2. The van der Waals surface area contributed by atoms with Crippen LogP contribution in [0, 0.1) is 0 Å². The fraction of sp³-hybridized carbons (Fsp3) is 0.846. The first-order valence-corrected chi connectivity index (χ1v) is 7.18. The number of aliphatic carboxylic acids is 1. The summed E-state index contributed by atoms with van der Waals surface area (Å²) in [6, 6.07) is -0.951. The van der Waals surface area contributed by atoms with Crippen LogP contribution in [0.4, 0.5) is 4.79 Å². The number of fused-ring (bicyclic) bond motifs is 1. The molecular weight excluding hydrogens is 264 g/mol. The highest BCUT2D eigenvalue weighted by Gasteiger charge is 2.42. The van der Waals surface area contributed by atoms with Crippen LogP contribution in [0.2, 0.25) is 0 Å². The number of rotatable bonds is 1. The molecule has 7 nitrogen and oxygen atoms in total. The number of urea groups is 1. The molecule has 3 fully saturated rings. The Morgan fingerprint density at radius 3 is 2.70 bits per heavy atom. The van der Waals surface area contributed by atoms with Crippen LogP contribution in [0.1, 0.15) is 19.3 Å². The molecule has 2 aliphatic heterocycles. The van der Waals surface area contributed by atoms with Gasteiger partial charge in [0.05, 0.1) is 32.0 Å². The molecule has 112 valence electrons. The Morgan fingerprint density at radius 2 is 1.90 bits per heavy atom. The van der Waals surface area contributed by atoms with E-state index in [2.05, 4.69) is 0 Å². The lowest BCUT2D eigenvalue weighted by Crippen LogP contribution is -2.61. The van der Waals surface area contributed by atoms with Crippen LogP contribution in [-0.2, 0) is 14.3 Å². The first kappa shape index (κ1) is 13.6. The van der Waals surface area contributed by atoms with Crippen molar-refractivity contribution in [3.63, 3.8) is 0 Å². The number of nitrogens with zero attached hydrogens (tertiary/aromatic N) is 2. The second-order valence-corrected chi connectivity index (χ2v) is 5.51. The normalized spacial score (nSPS) is 33.9. The summed E-state index contributed by atoms with van der Waals surface area (Å²) >= 11 is 0. The summed E-state index contributed by atoms with van der Waals surface area (Å²) in [5.41, 5.74) is 0. The van der Waals surface area contributed by atoms with Crippen LogP contribution in [0.25, 0.3) is 0 Å². The van der Waals surface area contributed by atoms with E-state index in [-0.39, 0.29) is 24.8 Å². The smallest absolute Gasteiger partial charge is 0.328 e. The lowest BCUT2D eigenvalue weighted by molar-refractivity contribution is -0.148. The fourth-order valence-corrected chi connectivity index (χ4v) is 3.37. The topological polar surface area (TPSA) is 79.3 Å². The van der Waals surface area contributed by atoms with Crippen molar-refractivity contribution < 1.29 is 24.2 Å². The number of hydrogen-bond acceptors (Lipinski definition) is 4. The summed E-state index contributed by atoms with van der Waals surface area (Å²) in [6.07, 6.45) is 3.11. The number of carbonyl (C=O) groups excluding carboxylic acids is 1. The van der Waals surface area contributed by atoms with Gasteiger partial charge in [0.15, 0.2) is 6.04 Å². The Morgan fingerprint density at radius 1 is 1.10 bits per heavy atom. The maximum absolute atomic E-state index is 12.7. The Kier molecular flexibility index (Phi) is 3.80. The Balaban J connectivity index is 1.74. The average Bonchev–Trinajstić information content (AvgIpc) is 2.94. The molecule has 2 heterocycles. The molecule has 1 saturated carbocycles. The quantitative estimate of drug-likeness (QED) is 0.741. The van der Waals surface area contributed by atoms with Crippen molar-refractivity contribution in [2.45, 2.75) is 37.5 Å². The van der Waals surface area contributed by atoms with Crippen LogP contribution in [0.3, 0.4) is 0 Å². The van der Waals surface area contributed by atoms with Crippen molar-refractivity contribution in [3.05, 3.63) is 0 Å². The van der Waals surface area contributed by atoms with Crippen LogP contribution in [0.5, 0.6) is 0 Å². The largest absolute Gasteiger partial charge is 0.480 e. The predicted molar refractivity (Wildman–Crippen MR) is 68.4 cm³/mol. The van der Waals surface area contributed by atoms with Crippen molar-refractivity contribution in [1.82, 2.24) is 9.80 Å². The van der Waals surface area contributed by atoms with Gasteiger partial charge >= 0.3 is 12.0 Å². The molecule has 2 saturated heterocycles. The van der Waals surface area contributed by atoms with E-state index in [0.717, 1.165) is 19.3 Å². The highest BCUT2D eigenvalue weighted by molar-refractivity contribution is 5.83. The van der Waals surface area contributed by atoms with Gasteiger partial charge in [0.1, 0.15) is 0 Å². The van der Waals surface area contributed by atoms with Crippen LogP contribution in [0.15, 0.2) is 0 Å².